The van der Waals surface area contributed by atoms with Crippen molar-refractivity contribution in [2.45, 2.75) is 31.3 Å². The van der Waals surface area contributed by atoms with E-state index in [1.165, 1.54) is 31.7 Å². The van der Waals surface area contributed by atoms with Crippen molar-refractivity contribution in [2.24, 2.45) is 0 Å². The number of hydrogen-bond acceptors (Lipinski definition) is 7. The van der Waals surface area contributed by atoms with Gasteiger partial charge in [-0.15, -0.1) is 0 Å². The van der Waals surface area contributed by atoms with Gasteiger partial charge in [0, 0.05) is 30.7 Å². The number of ether oxygens (including phenoxy) is 1. The maximum atomic E-state index is 13.7. The Kier molecular flexibility index (Phi) is 6.56. The van der Waals surface area contributed by atoms with Gasteiger partial charge in [0.05, 0.1) is 7.11 Å². The Morgan fingerprint density at radius 2 is 2.03 bits per heavy atom. The summed E-state index contributed by atoms with van der Waals surface area (Å²) in [6, 6.07) is 5.02. The minimum atomic E-state index is -1.12. The molecule has 0 spiro atoms. The van der Waals surface area contributed by atoms with Crippen molar-refractivity contribution in [1.29, 1.82) is 0 Å². The van der Waals surface area contributed by atoms with Crippen molar-refractivity contribution >= 4 is 18.3 Å². The van der Waals surface area contributed by atoms with E-state index in [4.69, 9.17) is 19.2 Å². The van der Waals surface area contributed by atoms with Crippen molar-refractivity contribution < 1.29 is 33.5 Å². The average molecular weight is 421 g/mol. The number of fused-ring (bicyclic) bond motifs is 2. The number of aromatic carboxylic acids is 1. The fourth-order valence-corrected chi connectivity index (χ4v) is 4.19. The quantitative estimate of drug-likeness (QED) is 0.718. The Morgan fingerprint density at radius 1 is 1.33 bits per heavy atom. The van der Waals surface area contributed by atoms with E-state index in [0.717, 1.165) is 19.4 Å². The third kappa shape index (κ3) is 4.09. The molecule has 2 N–H and O–H groups in total. The molecular weight excluding hydrogens is 397 g/mol. The van der Waals surface area contributed by atoms with Crippen LogP contribution < -0.4 is 9.64 Å². The molecule has 2 atom stereocenters. The lowest BCUT2D eigenvalue weighted by molar-refractivity contribution is -0.122. The van der Waals surface area contributed by atoms with E-state index < -0.39 is 11.8 Å². The van der Waals surface area contributed by atoms with Gasteiger partial charge < -0.3 is 24.4 Å². The largest absolute Gasteiger partial charge is 0.494 e. The number of methoxy groups -OCH3 is 1. The first kappa shape index (κ1) is 21.6. The van der Waals surface area contributed by atoms with E-state index in [0.29, 0.717) is 30.0 Å². The molecule has 162 valence electrons. The van der Waals surface area contributed by atoms with Crippen LogP contribution in [0.5, 0.6) is 5.75 Å². The Labute approximate surface area is 172 Å². The van der Waals surface area contributed by atoms with Crippen molar-refractivity contribution in [3.63, 3.8) is 0 Å². The van der Waals surface area contributed by atoms with Gasteiger partial charge in [-0.25, -0.2) is 9.18 Å². The molecule has 0 aliphatic carbocycles. The lowest BCUT2D eigenvalue weighted by Crippen LogP contribution is -2.37. The molecule has 1 aromatic carbocycles. The molecule has 9 nitrogen and oxygen atoms in total. The van der Waals surface area contributed by atoms with Crippen molar-refractivity contribution in [2.75, 3.05) is 32.1 Å². The fourth-order valence-electron chi connectivity index (χ4n) is 4.19. The molecule has 0 unspecified atom stereocenters. The monoisotopic (exact) mass is 421 g/mol. The number of hydrogen-bond donors (Lipinski definition) is 2. The van der Waals surface area contributed by atoms with E-state index in [1.54, 1.807) is 0 Å². The maximum absolute atomic E-state index is 13.7. The number of carboxylic acids is 1. The Bertz CT molecular complexity index is 918. The molecule has 1 aromatic heterocycles. The molecule has 2 aliphatic rings. The molecule has 30 heavy (non-hydrogen) atoms. The zero-order valence-electron chi connectivity index (χ0n) is 16.7. The van der Waals surface area contributed by atoms with Gasteiger partial charge in [-0.1, -0.05) is 5.16 Å². The third-order valence-corrected chi connectivity index (χ3v) is 5.75. The van der Waals surface area contributed by atoms with Crippen LogP contribution in [0, 0.1) is 5.82 Å². The normalized spacial score (nSPS) is 20.8. The van der Waals surface area contributed by atoms with Gasteiger partial charge in [-0.05, 0) is 44.5 Å². The topological polar surface area (TPSA) is 116 Å². The number of carbonyl (C=O) groups is 2. The maximum Gasteiger partial charge on any atom is 0.343 e. The van der Waals surface area contributed by atoms with Gasteiger partial charge in [0.2, 0.25) is 0 Å². The average Bonchev–Trinajstić information content (AvgIpc) is 3.24. The van der Waals surface area contributed by atoms with E-state index in [9.17, 15) is 14.3 Å². The van der Waals surface area contributed by atoms with Crippen LogP contribution in [0.3, 0.4) is 0 Å². The number of carboxylic acid groups (broad SMARTS) is 2. The number of nitrogens with zero attached hydrogens (tertiary/aromatic N) is 3. The smallest absolute Gasteiger partial charge is 0.343 e. The van der Waals surface area contributed by atoms with Crippen LogP contribution >= 0.6 is 0 Å². The van der Waals surface area contributed by atoms with Gasteiger partial charge in [-0.2, -0.15) is 0 Å². The van der Waals surface area contributed by atoms with E-state index in [-0.39, 0.29) is 23.5 Å². The number of rotatable bonds is 4. The zero-order chi connectivity index (χ0) is 21.8. The summed E-state index contributed by atoms with van der Waals surface area (Å²) >= 11 is 0. The molecule has 2 aliphatic heterocycles. The highest BCUT2D eigenvalue weighted by molar-refractivity contribution is 5.99. The van der Waals surface area contributed by atoms with Gasteiger partial charge in [-0.3, -0.25) is 9.69 Å². The highest BCUT2D eigenvalue weighted by Crippen LogP contribution is 2.36. The first-order valence-electron chi connectivity index (χ1n) is 9.52. The first-order valence-corrected chi connectivity index (χ1v) is 9.52. The number of likely N-dealkylation sites (N-methyl/N-ethyl adjacent to an activating group) is 1. The Hall–Kier alpha value is -3.14. The van der Waals surface area contributed by atoms with Crippen LogP contribution in [0.4, 0.5) is 10.2 Å². The van der Waals surface area contributed by atoms with Crippen LogP contribution in [-0.2, 0) is 4.79 Å². The summed E-state index contributed by atoms with van der Waals surface area (Å²) in [7, 11) is 3.48. The van der Waals surface area contributed by atoms with Crippen molar-refractivity contribution in [3.8, 4) is 17.1 Å². The summed E-state index contributed by atoms with van der Waals surface area (Å²) in [5.74, 6) is -1.17. The number of halogens is 1. The van der Waals surface area contributed by atoms with E-state index >= 15 is 0 Å². The molecule has 0 amide bonds. The lowest BCUT2D eigenvalue weighted by atomic mass is 10.1. The SMILES string of the molecule is COc1cc(-c2onc(N3CC[C@@H]4CC[C@H](C3)N4C)c2C(=O)O)ccc1F.O=CO. The van der Waals surface area contributed by atoms with Gasteiger partial charge in [0.15, 0.2) is 28.7 Å². The minimum absolute atomic E-state index is 0.00378. The van der Waals surface area contributed by atoms with Crippen LogP contribution in [0.2, 0.25) is 0 Å². The minimum Gasteiger partial charge on any atom is -0.494 e. The molecule has 2 fully saturated rings. The van der Waals surface area contributed by atoms with E-state index in [1.807, 2.05) is 4.90 Å². The molecule has 0 saturated carbocycles. The van der Waals surface area contributed by atoms with Crippen LogP contribution in [0.1, 0.15) is 29.6 Å². The highest BCUT2D eigenvalue weighted by atomic mass is 19.1. The molecule has 2 bridgehead atoms. The Morgan fingerprint density at radius 3 is 2.70 bits per heavy atom. The predicted octanol–water partition coefficient (Wildman–Crippen LogP) is 2.56. The van der Waals surface area contributed by atoms with Crippen LogP contribution in [0.15, 0.2) is 22.7 Å². The zero-order valence-corrected chi connectivity index (χ0v) is 16.7. The summed E-state index contributed by atoms with van der Waals surface area (Å²) in [4.78, 5) is 24.7. The summed E-state index contributed by atoms with van der Waals surface area (Å²) in [6.45, 7) is 1.19. The first-order chi connectivity index (χ1) is 14.4. The second-order valence-corrected chi connectivity index (χ2v) is 7.26. The Balaban J connectivity index is 0.000000806. The molecule has 3 heterocycles. The number of benzene rings is 1. The van der Waals surface area contributed by atoms with Crippen molar-refractivity contribution in [1.82, 2.24) is 10.1 Å². The summed E-state index contributed by atoms with van der Waals surface area (Å²) in [5.41, 5.74) is 0.418. The van der Waals surface area contributed by atoms with Crippen molar-refractivity contribution in [3.05, 3.63) is 29.6 Å². The van der Waals surface area contributed by atoms with E-state index in [2.05, 4.69) is 17.1 Å². The highest BCUT2D eigenvalue weighted by Gasteiger charge is 2.37. The molecule has 4 rings (SSSR count). The predicted molar refractivity (Wildman–Crippen MR) is 106 cm³/mol. The molecule has 2 aromatic rings. The van der Waals surface area contributed by atoms with Gasteiger partial charge in [0.1, 0.15) is 0 Å². The van der Waals surface area contributed by atoms with Crippen LogP contribution in [0.25, 0.3) is 11.3 Å². The second kappa shape index (κ2) is 9.12. The molecule has 0 radical (unpaired) electrons. The number of anilines is 1. The summed E-state index contributed by atoms with van der Waals surface area (Å²) < 4.78 is 24.1. The second-order valence-electron chi connectivity index (χ2n) is 7.26. The third-order valence-electron chi connectivity index (χ3n) is 5.75. The number of aromatic nitrogens is 1. The molecule has 2 saturated heterocycles. The standard InChI is InChI=1S/C19H22FN3O4.CH2O2/c1-22-12-4-5-13(22)10-23(8-7-12)18-16(19(24)25)17(27-21-18)11-3-6-14(20)15(9-11)26-2;2-1-3/h3,6,9,12-13H,4-5,7-8,10H2,1-2H3,(H,24,25);1H,(H,2,3)/t12-,13+;/m0./s1. The fraction of sp³-hybridized carbons (Fsp3) is 0.450. The summed E-state index contributed by atoms with van der Waals surface area (Å²) in [6.07, 6.45) is 3.23. The lowest BCUT2D eigenvalue weighted by Gasteiger charge is -2.25. The van der Waals surface area contributed by atoms with Crippen LogP contribution in [-0.4, -0.2) is 72.0 Å². The van der Waals surface area contributed by atoms with Gasteiger partial charge in [0.25, 0.3) is 6.47 Å². The van der Waals surface area contributed by atoms with Gasteiger partial charge >= 0.3 is 5.97 Å². The molecular formula is C20H24FN3O6. The summed E-state index contributed by atoms with van der Waals surface area (Å²) in [5, 5.41) is 20.8. The molecule has 10 heteroatoms.